The van der Waals surface area contributed by atoms with Crippen LogP contribution in [0.4, 0.5) is 11.4 Å². The number of rotatable bonds is 0. The first-order chi connectivity index (χ1) is 12.9. The minimum Gasteiger partial charge on any atom is -0.459 e. The highest BCUT2D eigenvalue weighted by Gasteiger charge is 2.59. The summed E-state index contributed by atoms with van der Waals surface area (Å²) in [4.78, 5) is 11.6. The van der Waals surface area contributed by atoms with Crippen LogP contribution in [0.2, 0.25) is 0 Å². The second-order valence-corrected chi connectivity index (χ2v) is 8.12. The molecule has 5 rings (SSSR count). The van der Waals surface area contributed by atoms with Gasteiger partial charge in [0, 0.05) is 24.3 Å². The first kappa shape index (κ1) is 16.3. The molecule has 0 aliphatic carbocycles. The van der Waals surface area contributed by atoms with Crippen molar-refractivity contribution in [3.05, 3.63) is 59.3 Å². The molecule has 1 atom stereocenters. The Kier molecular flexibility index (Phi) is 3.08. The molecular weight excluding hydrogens is 334 g/mol. The van der Waals surface area contributed by atoms with Crippen LogP contribution in [0.5, 0.6) is 5.75 Å². The molecule has 4 nitrogen and oxygen atoms in total. The topological polar surface area (TPSA) is 37.7 Å². The normalized spacial score (nSPS) is 22.0. The summed E-state index contributed by atoms with van der Waals surface area (Å²) in [6.07, 6.45) is 3.79. The molecule has 0 fully saturated rings. The Morgan fingerprint density at radius 3 is 2.67 bits per heavy atom. The van der Waals surface area contributed by atoms with E-state index in [0.717, 1.165) is 22.3 Å². The zero-order valence-electron chi connectivity index (χ0n) is 16.4. The lowest BCUT2D eigenvalue weighted by Gasteiger charge is -2.45. The van der Waals surface area contributed by atoms with Gasteiger partial charge in [0.05, 0.1) is 17.1 Å². The van der Waals surface area contributed by atoms with Crippen LogP contribution >= 0.6 is 0 Å². The van der Waals surface area contributed by atoms with Gasteiger partial charge >= 0.3 is 0 Å². The van der Waals surface area contributed by atoms with Crippen LogP contribution in [-0.2, 0) is 5.41 Å². The van der Waals surface area contributed by atoms with Crippen molar-refractivity contribution in [1.82, 2.24) is 4.98 Å². The van der Waals surface area contributed by atoms with Crippen molar-refractivity contribution in [2.45, 2.75) is 38.8 Å². The molecule has 0 saturated heterocycles. The van der Waals surface area contributed by atoms with Gasteiger partial charge in [0.1, 0.15) is 11.4 Å². The number of aliphatic imine (C=N–C) groups is 1. The van der Waals surface area contributed by atoms with Crippen molar-refractivity contribution in [3.8, 4) is 5.75 Å². The predicted octanol–water partition coefficient (Wildman–Crippen LogP) is 5.07. The number of aromatic nitrogens is 1. The number of pyridine rings is 1. The third-order valence-electron chi connectivity index (χ3n) is 6.45. The Morgan fingerprint density at radius 2 is 1.85 bits per heavy atom. The fraction of sp³-hybridized carbons (Fsp3) is 0.304. The van der Waals surface area contributed by atoms with Crippen LogP contribution in [-0.4, -0.2) is 24.0 Å². The average molecular weight is 357 g/mol. The average Bonchev–Trinajstić information content (AvgIpc) is 2.83. The molecule has 0 bridgehead atoms. The molecule has 3 heterocycles. The molecule has 1 unspecified atom stereocenters. The second kappa shape index (κ2) is 5.10. The summed E-state index contributed by atoms with van der Waals surface area (Å²) in [6.45, 7) is 8.87. The SMILES string of the molecule is Cc1ccc2c(c1C)C(C)(C)C1(C=Nc3c(ccc4ncccc34)O1)N2C. The lowest BCUT2D eigenvalue weighted by molar-refractivity contribution is 0.0824. The van der Waals surface area contributed by atoms with E-state index in [9.17, 15) is 0 Å². The van der Waals surface area contributed by atoms with E-state index in [-0.39, 0.29) is 5.41 Å². The number of ether oxygens (including phenoxy) is 1. The molecule has 0 radical (unpaired) electrons. The summed E-state index contributed by atoms with van der Waals surface area (Å²) in [5, 5.41) is 1.02. The predicted molar refractivity (Wildman–Crippen MR) is 111 cm³/mol. The minimum absolute atomic E-state index is 0.252. The molecule has 3 aromatic rings. The first-order valence-electron chi connectivity index (χ1n) is 9.33. The number of fused-ring (bicyclic) bond motifs is 4. The second-order valence-electron chi connectivity index (χ2n) is 8.12. The van der Waals surface area contributed by atoms with E-state index in [1.54, 1.807) is 6.20 Å². The number of anilines is 1. The highest BCUT2D eigenvalue weighted by Crippen LogP contribution is 2.55. The number of hydrogen-bond acceptors (Lipinski definition) is 4. The summed E-state index contributed by atoms with van der Waals surface area (Å²) in [6, 6.07) is 12.4. The van der Waals surface area contributed by atoms with E-state index in [4.69, 9.17) is 9.73 Å². The molecular formula is C23H23N3O. The van der Waals surface area contributed by atoms with E-state index >= 15 is 0 Å². The van der Waals surface area contributed by atoms with Gasteiger partial charge in [0.25, 0.3) is 0 Å². The first-order valence-corrected chi connectivity index (χ1v) is 9.33. The van der Waals surface area contributed by atoms with Gasteiger partial charge in [-0.15, -0.1) is 0 Å². The van der Waals surface area contributed by atoms with E-state index in [1.807, 2.05) is 30.5 Å². The van der Waals surface area contributed by atoms with Crippen molar-refractivity contribution < 1.29 is 4.74 Å². The van der Waals surface area contributed by atoms with Crippen molar-refractivity contribution >= 4 is 28.5 Å². The van der Waals surface area contributed by atoms with Gasteiger partial charge in [-0.2, -0.15) is 0 Å². The lowest BCUT2D eigenvalue weighted by Crippen LogP contribution is -2.61. The molecule has 1 aromatic heterocycles. The van der Waals surface area contributed by atoms with Gasteiger partial charge in [-0.3, -0.25) is 9.98 Å². The summed E-state index contributed by atoms with van der Waals surface area (Å²) in [5.41, 5.74) is 6.06. The van der Waals surface area contributed by atoms with E-state index in [0.29, 0.717) is 0 Å². The van der Waals surface area contributed by atoms with Crippen LogP contribution in [0, 0.1) is 13.8 Å². The fourth-order valence-electron chi connectivity index (χ4n) is 4.77. The molecule has 2 aliphatic rings. The van der Waals surface area contributed by atoms with Crippen molar-refractivity contribution in [3.63, 3.8) is 0 Å². The fourth-order valence-corrected chi connectivity index (χ4v) is 4.77. The van der Waals surface area contributed by atoms with Gasteiger partial charge in [-0.1, -0.05) is 6.07 Å². The summed E-state index contributed by atoms with van der Waals surface area (Å²) in [5.74, 6) is 0.806. The maximum Gasteiger partial charge on any atom is 0.228 e. The minimum atomic E-state index is -0.656. The number of hydrogen-bond donors (Lipinski definition) is 0. The monoisotopic (exact) mass is 357 g/mol. The number of benzene rings is 2. The van der Waals surface area contributed by atoms with Crippen LogP contribution in [0.15, 0.2) is 47.6 Å². The van der Waals surface area contributed by atoms with Crippen LogP contribution in [0.1, 0.15) is 30.5 Å². The molecule has 2 aliphatic heterocycles. The van der Waals surface area contributed by atoms with Crippen molar-refractivity contribution in [2.24, 2.45) is 4.99 Å². The molecule has 2 aromatic carbocycles. The highest BCUT2D eigenvalue weighted by molar-refractivity contribution is 5.98. The van der Waals surface area contributed by atoms with E-state index < -0.39 is 5.72 Å². The molecule has 0 amide bonds. The standard InChI is InChI=1S/C23H23N3O/c1-14-8-10-18-20(15(14)2)22(3,4)23(26(18)5)13-25-21-16-7-6-12-24-17(16)9-11-19(21)27-23/h6-13H,1-5H3. The Balaban J connectivity index is 1.73. The summed E-state index contributed by atoms with van der Waals surface area (Å²) in [7, 11) is 2.10. The number of likely N-dealkylation sites (N-methyl/N-ethyl adjacent to an activating group) is 1. The number of nitrogens with zero attached hydrogens (tertiary/aromatic N) is 3. The van der Waals surface area contributed by atoms with Crippen LogP contribution in [0.3, 0.4) is 0 Å². The molecule has 0 N–H and O–H groups in total. The third kappa shape index (κ3) is 1.88. The van der Waals surface area contributed by atoms with Gasteiger partial charge in [0.15, 0.2) is 0 Å². The maximum atomic E-state index is 6.74. The van der Waals surface area contributed by atoms with E-state index in [2.05, 4.69) is 56.8 Å². The van der Waals surface area contributed by atoms with Crippen molar-refractivity contribution in [2.75, 3.05) is 11.9 Å². The quantitative estimate of drug-likeness (QED) is 0.564. The van der Waals surface area contributed by atoms with Crippen LogP contribution in [0.25, 0.3) is 10.9 Å². The van der Waals surface area contributed by atoms with Crippen LogP contribution < -0.4 is 9.64 Å². The molecule has 27 heavy (non-hydrogen) atoms. The van der Waals surface area contributed by atoms with Crippen molar-refractivity contribution in [1.29, 1.82) is 0 Å². The highest BCUT2D eigenvalue weighted by atomic mass is 16.5. The summed E-state index contributed by atoms with van der Waals surface area (Å²) >= 11 is 0. The Labute approximate surface area is 159 Å². The largest absolute Gasteiger partial charge is 0.459 e. The van der Waals surface area contributed by atoms with Gasteiger partial charge in [-0.05, 0) is 74.7 Å². The molecule has 4 heteroatoms. The van der Waals surface area contributed by atoms with E-state index in [1.165, 1.54) is 22.4 Å². The smallest absolute Gasteiger partial charge is 0.228 e. The van der Waals surface area contributed by atoms with Gasteiger partial charge < -0.3 is 9.64 Å². The molecule has 136 valence electrons. The third-order valence-corrected chi connectivity index (χ3v) is 6.45. The Hall–Kier alpha value is -2.88. The number of aryl methyl sites for hydroxylation is 1. The lowest BCUT2D eigenvalue weighted by atomic mass is 9.75. The zero-order valence-corrected chi connectivity index (χ0v) is 16.4. The Morgan fingerprint density at radius 1 is 1.04 bits per heavy atom. The van der Waals surface area contributed by atoms with Gasteiger partial charge in [-0.25, -0.2) is 0 Å². The maximum absolute atomic E-state index is 6.74. The van der Waals surface area contributed by atoms with Gasteiger partial charge in [0.2, 0.25) is 5.72 Å². The summed E-state index contributed by atoms with van der Waals surface area (Å²) < 4.78 is 6.74. The molecule has 0 saturated carbocycles. The Bertz CT molecular complexity index is 1130. The zero-order chi connectivity index (χ0) is 19.0. The molecule has 1 spiro atoms.